The van der Waals surface area contributed by atoms with Gasteiger partial charge in [0.15, 0.2) is 9.84 Å². The molecule has 1 saturated heterocycles. The number of hydrogen-bond donors (Lipinski definition) is 1. The maximum Gasteiger partial charge on any atom is 0.285 e. The van der Waals surface area contributed by atoms with Gasteiger partial charge >= 0.3 is 0 Å². The molecule has 2 heterocycles. The Hall–Kier alpha value is -1.56. The molecule has 2 aliphatic rings. The first-order valence-corrected chi connectivity index (χ1v) is 7.67. The van der Waals surface area contributed by atoms with Crippen LogP contribution in [0.3, 0.4) is 0 Å². The Morgan fingerprint density at radius 3 is 2.78 bits per heavy atom. The first-order chi connectivity index (χ1) is 8.62. The largest absolute Gasteiger partial charge is 0.459 e. The third-order valence-corrected chi connectivity index (χ3v) is 4.79. The van der Waals surface area contributed by atoms with E-state index < -0.39 is 9.84 Å². The third-order valence-electron chi connectivity index (χ3n) is 3.10. The van der Waals surface area contributed by atoms with Gasteiger partial charge in [-0.3, -0.25) is 0 Å². The zero-order valence-corrected chi connectivity index (χ0v) is 10.6. The molecule has 0 aromatic heterocycles. The Labute approximate surface area is 106 Å². The summed E-state index contributed by atoms with van der Waals surface area (Å²) in [6, 6.07) is 10.1. The second kappa shape index (κ2) is 4.28. The van der Waals surface area contributed by atoms with Crippen LogP contribution >= 0.6 is 0 Å². The highest BCUT2D eigenvalue weighted by molar-refractivity contribution is 7.91. The highest BCUT2D eigenvalue weighted by Gasteiger charge is 2.43. The molecule has 0 saturated carbocycles. The van der Waals surface area contributed by atoms with Gasteiger partial charge in [-0.15, -0.1) is 0 Å². The van der Waals surface area contributed by atoms with Crippen molar-refractivity contribution in [1.29, 1.82) is 0 Å². The van der Waals surface area contributed by atoms with Gasteiger partial charge in [-0.05, 0) is 5.56 Å². The molecule has 2 atom stereocenters. The van der Waals surface area contributed by atoms with E-state index in [0.717, 1.165) is 5.56 Å². The molecule has 2 aliphatic heterocycles. The molecule has 1 fully saturated rings. The van der Waals surface area contributed by atoms with E-state index in [4.69, 9.17) is 4.74 Å². The summed E-state index contributed by atoms with van der Waals surface area (Å²) in [5, 5.41) is 3.09. The fourth-order valence-electron chi connectivity index (χ4n) is 2.22. The number of aliphatic imine (C=N–C) groups is 1. The van der Waals surface area contributed by atoms with E-state index in [2.05, 4.69) is 10.3 Å². The topological polar surface area (TPSA) is 67.8 Å². The molecule has 96 valence electrons. The first-order valence-electron chi connectivity index (χ1n) is 5.85. The molecular weight excluding hydrogens is 252 g/mol. The predicted molar refractivity (Wildman–Crippen MR) is 68.0 cm³/mol. The second-order valence-electron chi connectivity index (χ2n) is 4.57. The Morgan fingerprint density at radius 2 is 2.06 bits per heavy atom. The highest BCUT2D eigenvalue weighted by Crippen LogP contribution is 2.23. The van der Waals surface area contributed by atoms with Crippen molar-refractivity contribution in [3.8, 4) is 0 Å². The van der Waals surface area contributed by atoms with Crippen LogP contribution in [-0.2, 0) is 21.1 Å². The number of fused-ring (bicyclic) bond motifs is 1. The number of benzene rings is 1. The average molecular weight is 266 g/mol. The Balaban J connectivity index is 1.60. The van der Waals surface area contributed by atoms with E-state index in [0.29, 0.717) is 12.6 Å². The zero-order chi connectivity index (χ0) is 12.6. The number of hydrogen-bond acceptors (Lipinski definition) is 5. The van der Waals surface area contributed by atoms with Gasteiger partial charge < -0.3 is 10.1 Å². The summed E-state index contributed by atoms with van der Waals surface area (Å²) in [4.78, 5) is 4.26. The second-order valence-corrected chi connectivity index (χ2v) is 6.73. The van der Waals surface area contributed by atoms with Crippen LogP contribution in [0.2, 0.25) is 0 Å². The molecule has 0 unspecified atom stereocenters. The summed E-state index contributed by atoms with van der Waals surface area (Å²) < 4.78 is 28.2. The summed E-state index contributed by atoms with van der Waals surface area (Å²) in [6.07, 6.45) is -0.298. The van der Waals surface area contributed by atoms with E-state index in [9.17, 15) is 8.42 Å². The molecule has 0 amide bonds. The summed E-state index contributed by atoms with van der Waals surface area (Å²) in [7, 11) is -2.96. The number of nitrogens with one attached hydrogen (secondary N) is 1. The van der Waals surface area contributed by atoms with E-state index in [1.807, 2.05) is 30.3 Å². The Kier molecular flexibility index (Phi) is 2.74. The molecule has 5 nitrogen and oxygen atoms in total. The lowest BCUT2D eigenvalue weighted by atomic mass is 10.2. The van der Waals surface area contributed by atoms with Crippen LogP contribution in [0.5, 0.6) is 0 Å². The predicted octanol–water partition coefficient (Wildman–Crippen LogP) is 0.328. The van der Waals surface area contributed by atoms with Gasteiger partial charge in [0.05, 0.1) is 11.5 Å². The van der Waals surface area contributed by atoms with Gasteiger partial charge in [0, 0.05) is 6.54 Å². The van der Waals surface area contributed by atoms with Crippen molar-refractivity contribution in [2.75, 3.05) is 11.5 Å². The van der Waals surface area contributed by atoms with Gasteiger partial charge in [0.1, 0.15) is 12.1 Å². The van der Waals surface area contributed by atoms with Gasteiger partial charge in [-0.25, -0.2) is 13.4 Å². The smallest absolute Gasteiger partial charge is 0.285 e. The van der Waals surface area contributed by atoms with Gasteiger partial charge in [0.2, 0.25) is 0 Å². The molecule has 0 aliphatic carbocycles. The van der Waals surface area contributed by atoms with Crippen molar-refractivity contribution in [2.45, 2.75) is 18.7 Å². The van der Waals surface area contributed by atoms with Crippen LogP contribution in [0.1, 0.15) is 5.56 Å². The minimum Gasteiger partial charge on any atom is -0.459 e. The maximum atomic E-state index is 11.4. The number of ether oxygens (including phenoxy) is 1. The lowest BCUT2D eigenvalue weighted by Crippen LogP contribution is -2.27. The summed E-state index contributed by atoms with van der Waals surface area (Å²) >= 11 is 0. The van der Waals surface area contributed by atoms with Crippen LogP contribution in [0.4, 0.5) is 0 Å². The number of rotatable bonds is 2. The first kappa shape index (κ1) is 11.5. The van der Waals surface area contributed by atoms with Crippen LogP contribution in [0, 0.1) is 0 Å². The van der Waals surface area contributed by atoms with Crippen molar-refractivity contribution >= 4 is 15.9 Å². The summed E-state index contributed by atoms with van der Waals surface area (Å²) in [6.45, 7) is 0.631. The molecule has 0 bridgehead atoms. The monoisotopic (exact) mass is 266 g/mol. The fourth-order valence-corrected chi connectivity index (χ4v) is 3.95. The van der Waals surface area contributed by atoms with Crippen molar-refractivity contribution < 1.29 is 13.2 Å². The Bertz CT molecular complexity index is 568. The average Bonchev–Trinajstić information content (AvgIpc) is 2.81. The number of nitrogens with zero attached hydrogens (tertiary/aromatic N) is 1. The quantitative estimate of drug-likeness (QED) is 0.837. The normalized spacial score (nSPS) is 28.3. The summed E-state index contributed by atoms with van der Waals surface area (Å²) in [5.74, 6) is 0.186. The van der Waals surface area contributed by atoms with Crippen molar-refractivity contribution in [1.82, 2.24) is 5.32 Å². The van der Waals surface area contributed by atoms with Gasteiger partial charge in [-0.1, -0.05) is 30.3 Å². The highest BCUT2D eigenvalue weighted by atomic mass is 32.2. The van der Waals surface area contributed by atoms with Crippen LogP contribution in [0.15, 0.2) is 35.3 Å². The van der Waals surface area contributed by atoms with E-state index in [1.165, 1.54) is 0 Å². The summed E-state index contributed by atoms with van der Waals surface area (Å²) in [5.41, 5.74) is 1.13. The van der Waals surface area contributed by atoms with Crippen LogP contribution in [-0.4, -0.2) is 38.1 Å². The van der Waals surface area contributed by atoms with Gasteiger partial charge in [0.25, 0.3) is 6.02 Å². The molecule has 0 radical (unpaired) electrons. The molecule has 1 N–H and O–H groups in total. The number of sulfone groups is 1. The molecule has 18 heavy (non-hydrogen) atoms. The molecule has 1 aromatic rings. The molecule has 6 heteroatoms. The lowest BCUT2D eigenvalue weighted by Gasteiger charge is -2.09. The van der Waals surface area contributed by atoms with Crippen LogP contribution in [0.25, 0.3) is 0 Å². The van der Waals surface area contributed by atoms with E-state index >= 15 is 0 Å². The maximum absolute atomic E-state index is 11.4. The van der Waals surface area contributed by atoms with Crippen LogP contribution < -0.4 is 5.32 Å². The van der Waals surface area contributed by atoms with Crippen molar-refractivity contribution in [3.05, 3.63) is 35.9 Å². The third kappa shape index (κ3) is 2.33. The van der Waals surface area contributed by atoms with Gasteiger partial charge in [-0.2, -0.15) is 0 Å². The van der Waals surface area contributed by atoms with E-state index in [1.54, 1.807) is 0 Å². The molecule has 3 rings (SSSR count). The zero-order valence-electron chi connectivity index (χ0n) is 9.74. The fraction of sp³-hybridized carbons (Fsp3) is 0.417. The Morgan fingerprint density at radius 1 is 1.28 bits per heavy atom. The molecule has 0 spiro atoms. The van der Waals surface area contributed by atoms with Crippen molar-refractivity contribution in [3.63, 3.8) is 0 Å². The molecular formula is C12H14N2O3S. The molecule has 1 aromatic carbocycles. The minimum atomic E-state index is -2.96. The van der Waals surface area contributed by atoms with E-state index in [-0.39, 0.29) is 23.7 Å². The number of amidine groups is 1. The SMILES string of the molecule is O=S1(=O)C[C@@H]2N=C(NCc3ccccc3)O[C@H]2C1. The standard InChI is InChI=1S/C12H14N2O3S/c15-18(16)7-10-11(8-18)17-12(14-10)13-6-9-4-2-1-3-5-9/h1-5,10-11H,6-8H2,(H,13,14)/t10-,11-/m0/s1. The lowest BCUT2D eigenvalue weighted by molar-refractivity contribution is 0.221. The van der Waals surface area contributed by atoms with Crippen molar-refractivity contribution in [2.24, 2.45) is 4.99 Å². The minimum absolute atomic E-state index is 0.0810.